The number of aromatic nitrogens is 2. The number of hydrogen-bond donors (Lipinski definition) is 3. The molecule has 0 radical (unpaired) electrons. The summed E-state index contributed by atoms with van der Waals surface area (Å²) in [7, 11) is 1.67. The number of anilines is 2. The lowest BCUT2D eigenvalue weighted by molar-refractivity contribution is -0.135. The minimum atomic E-state index is -0.924. The first-order valence-corrected chi connectivity index (χ1v) is 6.84. The first-order valence-electron chi connectivity index (χ1n) is 6.84. The Morgan fingerprint density at radius 3 is 3.00 bits per heavy atom. The van der Waals surface area contributed by atoms with E-state index in [2.05, 4.69) is 15.3 Å². The van der Waals surface area contributed by atoms with E-state index in [1.165, 1.54) is 0 Å². The molecule has 1 aromatic rings. The molecule has 0 spiro atoms. The molecule has 21 heavy (non-hydrogen) atoms. The molecular weight excluding hydrogens is 276 g/mol. The fourth-order valence-electron chi connectivity index (χ4n) is 2.16. The van der Waals surface area contributed by atoms with Crippen LogP contribution in [-0.4, -0.2) is 66.1 Å². The predicted molar refractivity (Wildman–Crippen MR) is 76.7 cm³/mol. The number of aliphatic hydroxyl groups excluding tert-OH is 1. The summed E-state index contributed by atoms with van der Waals surface area (Å²) in [4.78, 5) is 21.1. The van der Waals surface area contributed by atoms with Gasteiger partial charge in [-0.05, 0) is 6.42 Å². The van der Waals surface area contributed by atoms with E-state index >= 15 is 0 Å². The molecule has 8 nitrogen and oxygen atoms in total. The molecular formula is C13H20N4O4. The van der Waals surface area contributed by atoms with E-state index in [-0.39, 0.29) is 19.1 Å². The Hall–Kier alpha value is -1.93. The van der Waals surface area contributed by atoms with Crippen molar-refractivity contribution >= 4 is 17.7 Å². The molecule has 1 atom stereocenters. The standard InChI is InChI=1S/C13H20N4O4/c1-17(7-12(19)20)11-6-10(9-2-5-21-8-9)15-13(16-11)14-3-4-18/h6,9,18H,2-5,7-8H2,1H3,(H,19,20)(H,14,15,16). The van der Waals surface area contributed by atoms with Crippen LogP contribution in [0.15, 0.2) is 6.07 Å². The Balaban J connectivity index is 2.24. The van der Waals surface area contributed by atoms with Crippen LogP contribution in [-0.2, 0) is 9.53 Å². The van der Waals surface area contributed by atoms with Crippen LogP contribution in [0.1, 0.15) is 18.0 Å². The lowest BCUT2D eigenvalue weighted by Crippen LogP contribution is -2.27. The number of aliphatic carboxylic acids is 1. The quantitative estimate of drug-likeness (QED) is 0.640. The van der Waals surface area contributed by atoms with Crippen LogP contribution in [0.25, 0.3) is 0 Å². The molecule has 0 aromatic carbocycles. The minimum Gasteiger partial charge on any atom is -0.480 e. The Labute approximate surface area is 122 Å². The van der Waals surface area contributed by atoms with E-state index in [0.717, 1.165) is 12.1 Å². The highest BCUT2D eigenvalue weighted by atomic mass is 16.5. The lowest BCUT2D eigenvalue weighted by atomic mass is 10.0. The number of carbonyl (C=O) groups is 1. The fraction of sp³-hybridized carbons (Fsp3) is 0.615. The number of ether oxygens (including phenoxy) is 1. The Kier molecular flexibility index (Phi) is 5.29. The zero-order chi connectivity index (χ0) is 15.2. The summed E-state index contributed by atoms with van der Waals surface area (Å²) in [5.74, 6) is 0.196. The van der Waals surface area contributed by atoms with Crippen molar-refractivity contribution in [1.29, 1.82) is 0 Å². The highest BCUT2D eigenvalue weighted by Crippen LogP contribution is 2.26. The molecule has 0 saturated carbocycles. The molecule has 116 valence electrons. The van der Waals surface area contributed by atoms with Gasteiger partial charge in [-0.25, -0.2) is 4.98 Å². The van der Waals surface area contributed by atoms with Crippen molar-refractivity contribution < 1.29 is 19.7 Å². The van der Waals surface area contributed by atoms with Gasteiger partial charge in [0.2, 0.25) is 5.95 Å². The molecule has 0 bridgehead atoms. The zero-order valence-corrected chi connectivity index (χ0v) is 11.9. The molecule has 1 saturated heterocycles. The van der Waals surface area contributed by atoms with E-state index in [1.807, 2.05) is 0 Å². The topological polar surface area (TPSA) is 108 Å². The Morgan fingerprint density at radius 1 is 1.57 bits per heavy atom. The molecule has 1 aliphatic rings. The Bertz CT molecular complexity index is 491. The van der Waals surface area contributed by atoms with E-state index < -0.39 is 5.97 Å². The fourth-order valence-corrected chi connectivity index (χ4v) is 2.16. The van der Waals surface area contributed by atoms with Crippen molar-refractivity contribution in [2.45, 2.75) is 12.3 Å². The second-order valence-electron chi connectivity index (χ2n) is 4.94. The van der Waals surface area contributed by atoms with Crippen molar-refractivity contribution in [3.8, 4) is 0 Å². The maximum atomic E-state index is 10.8. The minimum absolute atomic E-state index is 0.0274. The number of nitrogens with one attached hydrogen (secondary N) is 1. The summed E-state index contributed by atoms with van der Waals surface area (Å²) < 4.78 is 5.37. The summed E-state index contributed by atoms with van der Waals surface area (Å²) >= 11 is 0. The summed E-state index contributed by atoms with van der Waals surface area (Å²) in [6.45, 7) is 1.48. The maximum absolute atomic E-state index is 10.8. The van der Waals surface area contributed by atoms with Gasteiger partial charge >= 0.3 is 5.97 Å². The van der Waals surface area contributed by atoms with Gasteiger partial charge < -0.3 is 25.2 Å². The van der Waals surface area contributed by atoms with Gasteiger partial charge in [0.1, 0.15) is 12.4 Å². The average molecular weight is 296 g/mol. The Morgan fingerprint density at radius 2 is 2.38 bits per heavy atom. The van der Waals surface area contributed by atoms with Gasteiger partial charge in [0.15, 0.2) is 0 Å². The number of likely N-dealkylation sites (N-methyl/N-ethyl adjacent to an activating group) is 1. The van der Waals surface area contributed by atoms with Crippen molar-refractivity contribution in [3.05, 3.63) is 11.8 Å². The van der Waals surface area contributed by atoms with Crippen LogP contribution < -0.4 is 10.2 Å². The number of aliphatic hydroxyl groups is 1. The second-order valence-corrected chi connectivity index (χ2v) is 4.94. The van der Waals surface area contributed by atoms with E-state index in [0.29, 0.717) is 31.5 Å². The summed E-state index contributed by atoms with van der Waals surface area (Å²) in [6.07, 6.45) is 0.887. The third-order valence-electron chi connectivity index (χ3n) is 3.24. The van der Waals surface area contributed by atoms with Gasteiger partial charge in [0.05, 0.1) is 18.9 Å². The largest absolute Gasteiger partial charge is 0.480 e. The average Bonchev–Trinajstić information content (AvgIpc) is 2.98. The third-order valence-corrected chi connectivity index (χ3v) is 3.24. The molecule has 3 N–H and O–H groups in total. The SMILES string of the molecule is CN(CC(=O)O)c1cc(C2CCOC2)nc(NCCO)n1. The highest BCUT2D eigenvalue weighted by Gasteiger charge is 2.21. The second kappa shape index (κ2) is 7.19. The molecule has 2 heterocycles. The van der Waals surface area contributed by atoms with E-state index in [9.17, 15) is 4.79 Å². The summed E-state index contributed by atoms with van der Waals surface area (Å²) in [6, 6.07) is 1.80. The van der Waals surface area contributed by atoms with Crippen molar-refractivity contribution in [2.24, 2.45) is 0 Å². The summed E-state index contributed by atoms with van der Waals surface area (Å²) in [5.41, 5.74) is 0.829. The maximum Gasteiger partial charge on any atom is 0.323 e. The van der Waals surface area contributed by atoms with Crippen molar-refractivity contribution in [2.75, 3.05) is 50.2 Å². The first-order chi connectivity index (χ1) is 10.1. The van der Waals surface area contributed by atoms with Crippen LogP contribution in [0, 0.1) is 0 Å². The molecule has 2 rings (SSSR count). The number of carboxylic acids is 1. The molecule has 1 unspecified atom stereocenters. The van der Waals surface area contributed by atoms with Gasteiger partial charge in [0.25, 0.3) is 0 Å². The van der Waals surface area contributed by atoms with Crippen LogP contribution >= 0.6 is 0 Å². The third kappa shape index (κ3) is 4.27. The zero-order valence-electron chi connectivity index (χ0n) is 11.9. The monoisotopic (exact) mass is 296 g/mol. The molecule has 1 fully saturated rings. The molecule has 1 aromatic heterocycles. The normalized spacial score (nSPS) is 17.7. The van der Waals surface area contributed by atoms with Crippen LogP contribution in [0.3, 0.4) is 0 Å². The van der Waals surface area contributed by atoms with E-state index in [1.54, 1.807) is 18.0 Å². The number of nitrogens with zero attached hydrogens (tertiary/aromatic N) is 3. The summed E-state index contributed by atoms with van der Waals surface area (Å²) in [5, 5.41) is 20.7. The van der Waals surface area contributed by atoms with Gasteiger partial charge in [-0.3, -0.25) is 4.79 Å². The molecule has 1 aliphatic heterocycles. The number of carboxylic acid groups (broad SMARTS) is 1. The van der Waals surface area contributed by atoms with Gasteiger partial charge in [-0.15, -0.1) is 0 Å². The van der Waals surface area contributed by atoms with Crippen molar-refractivity contribution in [3.63, 3.8) is 0 Å². The molecule has 8 heteroatoms. The van der Waals surface area contributed by atoms with E-state index in [4.69, 9.17) is 14.9 Å². The predicted octanol–water partition coefficient (Wildman–Crippen LogP) is -0.0945. The van der Waals surface area contributed by atoms with Crippen LogP contribution in [0.5, 0.6) is 0 Å². The van der Waals surface area contributed by atoms with Crippen molar-refractivity contribution in [1.82, 2.24) is 9.97 Å². The lowest BCUT2D eigenvalue weighted by Gasteiger charge is -2.19. The molecule has 0 amide bonds. The van der Waals surface area contributed by atoms with Gasteiger partial charge in [0, 0.05) is 32.2 Å². The number of rotatable bonds is 7. The van der Waals surface area contributed by atoms with Gasteiger partial charge in [-0.2, -0.15) is 4.98 Å². The first kappa shape index (κ1) is 15.5. The van der Waals surface area contributed by atoms with Crippen LogP contribution in [0.4, 0.5) is 11.8 Å². The molecule has 0 aliphatic carbocycles. The highest BCUT2D eigenvalue weighted by molar-refractivity contribution is 5.73. The van der Waals surface area contributed by atoms with Crippen LogP contribution in [0.2, 0.25) is 0 Å². The van der Waals surface area contributed by atoms with Gasteiger partial charge in [-0.1, -0.05) is 0 Å². The smallest absolute Gasteiger partial charge is 0.323 e. The number of hydrogen-bond acceptors (Lipinski definition) is 7.